The Morgan fingerprint density at radius 3 is 2.71 bits per heavy atom. The van der Waals surface area contributed by atoms with Gasteiger partial charge in [-0.3, -0.25) is 10.1 Å². The number of benzene rings is 1. The predicted octanol–water partition coefficient (Wildman–Crippen LogP) is 3.57. The van der Waals surface area contributed by atoms with Crippen LogP contribution in [-0.4, -0.2) is 36.0 Å². The van der Waals surface area contributed by atoms with E-state index in [4.69, 9.17) is 0 Å². The molecule has 1 aromatic rings. The maximum absolute atomic E-state index is 10.9. The first kappa shape index (κ1) is 18.1. The first-order valence-electron chi connectivity index (χ1n) is 7.25. The van der Waals surface area contributed by atoms with Gasteiger partial charge in [0.25, 0.3) is 5.69 Å². The maximum atomic E-state index is 10.9. The Hall–Kier alpha value is -0.980. The molecule has 0 amide bonds. The van der Waals surface area contributed by atoms with Crippen LogP contribution in [0.1, 0.15) is 32.3 Å². The summed E-state index contributed by atoms with van der Waals surface area (Å²) in [6.07, 6.45) is 2.26. The van der Waals surface area contributed by atoms with Gasteiger partial charge in [0.05, 0.1) is 9.40 Å². The van der Waals surface area contributed by atoms with Crippen molar-refractivity contribution in [3.05, 3.63) is 38.3 Å². The Kier molecular flexibility index (Phi) is 7.85. The minimum atomic E-state index is -0.366. The molecule has 1 N–H and O–H groups in total. The van der Waals surface area contributed by atoms with Crippen LogP contribution in [-0.2, 0) is 6.54 Å². The fourth-order valence-electron chi connectivity index (χ4n) is 1.91. The third-order valence-electron chi connectivity index (χ3n) is 3.53. The molecule has 0 aliphatic carbocycles. The molecular weight excluding hydrogens is 334 g/mol. The number of nitrogens with zero attached hydrogens (tertiary/aromatic N) is 2. The quantitative estimate of drug-likeness (QED) is 0.417. The highest BCUT2D eigenvalue weighted by atomic mass is 79.9. The summed E-state index contributed by atoms with van der Waals surface area (Å²) in [6, 6.07) is 5.83. The van der Waals surface area contributed by atoms with Crippen LogP contribution >= 0.6 is 15.9 Å². The number of hydrogen-bond donors (Lipinski definition) is 1. The molecule has 0 saturated heterocycles. The van der Waals surface area contributed by atoms with Crippen LogP contribution in [0.15, 0.2) is 22.7 Å². The molecule has 0 radical (unpaired) electrons. The van der Waals surface area contributed by atoms with E-state index in [1.165, 1.54) is 0 Å². The molecule has 0 heterocycles. The molecular formula is C15H24BrN3O2. The van der Waals surface area contributed by atoms with Gasteiger partial charge in [-0.15, -0.1) is 0 Å². The fourth-order valence-corrected chi connectivity index (χ4v) is 2.30. The van der Waals surface area contributed by atoms with E-state index in [0.717, 1.165) is 31.5 Å². The third-order valence-corrected chi connectivity index (χ3v) is 4.20. The van der Waals surface area contributed by atoms with Gasteiger partial charge in [-0.25, -0.2) is 0 Å². The van der Waals surface area contributed by atoms with Crippen molar-refractivity contribution in [1.82, 2.24) is 10.2 Å². The number of halogens is 1. The van der Waals surface area contributed by atoms with E-state index in [1.807, 2.05) is 6.07 Å². The molecule has 21 heavy (non-hydrogen) atoms. The van der Waals surface area contributed by atoms with Crippen molar-refractivity contribution in [2.45, 2.75) is 39.3 Å². The average Bonchev–Trinajstić information content (AvgIpc) is 2.43. The molecule has 0 spiro atoms. The zero-order valence-corrected chi connectivity index (χ0v) is 14.5. The van der Waals surface area contributed by atoms with Crippen molar-refractivity contribution in [3.63, 3.8) is 0 Å². The number of nitro benzene ring substituents is 1. The van der Waals surface area contributed by atoms with Gasteiger partial charge < -0.3 is 10.2 Å². The summed E-state index contributed by atoms with van der Waals surface area (Å²) < 4.78 is 0.521. The first-order valence-corrected chi connectivity index (χ1v) is 8.05. The van der Waals surface area contributed by atoms with Gasteiger partial charge in [-0.05, 0) is 74.4 Å². The molecule has 6 heteroatoms. The largest absolute Gasteiger partial charge is 0.313 e. The molecule has 0 unspecified atom stereocenters. The zero-order chi connectivity index (χ0) is 15.8. The Bertz CT molecular complexity index is 466. The van der Waals surface area contributed by atoms with Crippen LogP contribution in [0.2, 0.25) is 0 Å². The lowest BCUT2D eigenvalue weighted by molar-refractivity contribution is -0.385. The van der Waals surface area contributed by atoms with Gasteiger partial charge >= 0.3 is 0 Å². The summed E-state index contributed by atoms with van der Waals surface area (Å²) in [7, 11) is 2.14. The molecule has 0 aromatic heterocycles. The number of unbranched alkanes of at least 4 members (excludes halogenated alkanes) is 1. The second-order valence-corrected chi connectivity index (χ2v) is 6.36. The second kappa shape index (κ2) is 9.12. The molecule has 0 bridgehead atoms. The lowest BCUT2D eigenvalue weighted by Gasteiger charge is -2.20. The van der Waals surface area contributed by atoms with E-state index in [2.05, 4.69) is 47.0 Å². The number of nitrogens with one attached hydrogen (secondary N) is 1. The number of hydrogen-bond acceptors (Lipinski definition) is 4. The lowest BCUT2D eigenvalue weighted by atomic mass is 10.2. The Balaban J connectivity index is 2.27. The van der Waals surface area contributed by atoms with Crippen molar-refractivity contribution in [2.24, 2.45) is 0 Å². The predicted molar refractivity (Wildman–Crippen MR) is 89.5 cm³/mol. The summed E-state index contributed by atoms with van der Waals surface area (Å²) in [5.41, 5.74) is 1.05. The summed E-state index contributed by atoms with van der Waals surface area (Å²) in [6.45, 7) is 7.07. The summed E-state index contributed by atoms with van der Waals surface area (Å²) in [5, 5.41) is 14.2. The van der Waals surface area contributed by atoms with Crippen LogP contribution in [0, 0.1) is 10.1 Å². The smallest absolute Gasteiger partial charge is 0.283 e. The lowest BCUT2D eigenvalue weighted by Crippen LogP contribution is -2.27. The summed E-state index contributed by atoms with van der Waals surface area (Å²) in [5.74, 6) is 0. The van der Waals surface area contributed by atoms with Crippen molar-refractivity contribution in [2.75, 3.05) is 20.1 Å². The Morgan fingerprint density at radius 1 is 1.38 bits per heavy atom. The topological polar surface area (TPSA) is 58.4 Å². The standard InChI is InChI=1S/C15H24BrN3O2/c1-12(2)18(3)9-5-4-8-17-11-13-6-7-14(16)15(10-13)19(20)21/h6-7,10,12,17H,4-5,8-9,11H2,1-3H3. The van der Waals surface area contributed by atoms with E-state index in [-0.39, 0.29) is 10.6 Å². The van der Waals surface area contributed by atoms with Crippen LogP contribution in [0.5, 0.6) is 0 Å². The monoisotopic (exact) mass is 357 g/mol. The summed E-state index contributed by atoms with van der Waals surface area (Å²) in [4.78, 5) is 12.8. The van der Waals surface area contributed by atoms with E-state index >= 15 is 0 Å². The van der Waals surface area contributed by atoms with Gasteiger partial charge in [0.1, 0.15) is 0 Å². The highest BCUT2D eigenvalue weighted by molar-refractivity contribution is 9.10. The molecule has 0 aliphatic heterocycles. The Labute approximate surface area is 135 Å². The van der Waals surface area contributed by atoms with Gasteiger partial charge in [0.2, 0.25) is 0 Å². The normalized spacial score (nSPS) is 11.3. The average molecular weight is 358 g/mol. The van der Waals surface area contributed by atoms with E-state index in [9.17, 15) is 10.1 Å². The van der Waals surface area contributed by atoms with Crippen molar-refractivity contribution >= 4 is 21.6 Å². The van der Waals surface area contributed by atoms with Crippen molar-refractivity contribution < 1.29 is 4.92 Å². The van der Waals surface area contributed by atoms with Crippen LogP contribution in [0.25, 0.3) is 0 Å². The number of rotatable bonds is 9. The minimum Gasteiger partial charge on any atom is -0.313 e. The Morgan fingerprint density at radius 2 is 2.10 bits per heavy atom. The molecule has 5 nitrogen and oxygen atoms in total. The van der Waals surface area contributed by atoms with E-state index in [0.29, 0.717) is 17.1 Å². The molecule has 1 aromatic carbocycles. The van der Waals surface area contributed by atoms with Crippen LogP contribution in [0.3, 0.4) is 0 Å². The minimum absolute atomic E-state index is 0.118. The van der Waals surface area contributed by atoms with Gasteiger partial charge in [0, 0.05) is 18.7 Å². The highest BCUT2D eigenvalue weighted by Gasteiger charge is 2.11. The maximum Gasteiger partial charge on any atom is 0.283 e. The van der Waals surface area contributed by atoms with Crippen LogP contribution in [0.4, 0.5) is 5.69 Å². The highest BCUT2D eigenvalue weighted by Crippen LogP contribution is 2.25. The van der Waals surface area contributed by atoms with E-state index in [1.54, 1.807) is 12.1 Å². The first-order chi connectivity index (χ1) is 9.91. The van der Waals surface area contributed by atoms with Crippen molar-refractivity contribution in [1.29, 1.82) is 0 Å². The summed E-state index contributed by atoms with van der Waals surface area (Å²) >= 11 is 3.19. The van der Waals surface area contributed by atoms with Gasteiger partial charge in [-0.2, -0.15) is 0 Å². The zero-order valence-electron chi connectivity index (χ0n) is 12.9. The second-order valence-electron chi connectivity index (χ2n) is 5.50. The van der Waals surface area contributed by atoms with Gasteiger partial charge in [0.15, 0.2) is 0 Å². The van der Waals surface area contributed by atoms with Gasteiger partial charge in [-0.1, -0.05) is 6.07 Å². The molecule has 118 valence electrons. The molecule has 0 saturated carbocycles. The third kappa shape index (κ3) is 6.54. The molecule has 0 atom stereocenters. The number of nitro groups is 1. The molecule has 0 fully saturated rings. The van der Waals surface area contributed by atoms with Crippen LogP contribution < -0.4 is 5.32 Å². The van der Waals surface area contributed by atoms with Crippen molar-refractivity contribution in [3.8, 4) is 0 Å². The van der Waals surface area contributed by atoms with E-state index < -0.39 is 0 Å². The molecule has 1 rings (SSSR count). The molecule has 0 aliphatic rings. The fraction of sp³-hybridized carbons (Fsp3) is 0.600. The SMILES string of the molecule is CC(C)N(C)CCCCNCc1ccc(Br)c([N+](=O)[O-])c1.